The lowest BCUT2D eigenvalue weighted by Gasteiger charge is -2.23. The largest absolute Gasteiger partial charge is 0.361 e. The number of hydrogen-bond donors (Lipinski definition) is 2. The molecule has 0 unspecified atom stereocenters. The number of amides is 2. The molecule has 0 aliphatic rings. The van der Waals surface area contributed by atoms with E-state index in [9.17, 15) is 9.59 Å². The van der Waals surface area contributed by atoms with Crippen molar-refractivity contribution >= 4 is 33.4 Å². The number of carbonyl (C=O) groups excluding carboxylic acids is 2. The van der Waals surface area contributed by atoms with E-state index in [4.69, 9.17) is 10.3 Å². The van der Waals surface area contributed by atoms with E-state index in [0.717, 1.165) is 21.2 Å². The van der Waals surface area contributed by atoms with Gasteiger partial charge in [0, 0.05) is 29.8 Å². The molecule has 1 aromatic heterocycles. The molecule has 7 nitrogen and oxygen atoms in total. The number of nitrogens with one attached hydrogen (secondary N) is 1. The van der Waals surface area contributed by atoms with E-state index in [-0.39, 0.29) is 11.8 Å². The Labute approximate surface area is 218 Å². The lowest BCUT2D eigenvalue weighted by Crippen LogP contribution is -2.31. The Morgan fingerprint density at radius 2 is 1.64 bits per heavy atom. The summed E-state index contributed by atoms with van der Waals surface area (Å²) in [5.41, 5.74) is 11.0. The molecule has 0 spiro atoms. The first-order valence-electron chi connectivity index (χ1n) is 11.5. The van der Waals surface area contributed by atoms with Gasteiger partial charge < -0.3 is 20.5 Å². The van der Waals surface area contributed by atoms with Gasteiger partial charge in [-0.25, -0.2) is 0 Å². The van der Waals surface area contributed by atoms with Gasteiger partial charge in [0.15, 0.2) is 0 Å². The van der Waals surface area contributed by atoms with Gasteiger partial charge in [0.2, 0.25) is 0 Å². The molecule has 0 saturated heterocycles. The monoisotopic (exact) mass is 546 g/mol. The summed E-state index contributed by atoms with van der Waals surface area (Å²) in [5.74, 6) is 0.129. The van der Waals surface area contributed by atoms with Crippen LogP contribution in [0.4, 0.5) is 5.69 Å². The Kier molecular flexibility index (Phi) is 7.97. The SMILES string of the molecule is Cc1noc(C)c1C(=O)N(Cc1ccc(NC(=O)c2ccccc2Br)cc1)Cc1cccc(CN)c1. The van der Waals surface area contributed by atoms with Crippen molar-refractivity contribution in [2.75, 3.05) is 5.32 Å². The van der Waals surface area contributed by atoms with Gasteiger partial charge in [-0.3, -0.25) is 9.59 Å². The number of anilines is 1. The molecule has 3 aromatic carbocycles. The molecule has 4 aromatic rings. The zero-order valence-corrected chi connectivity index (χ0v) is 21.7. The molecule has 0 fully saturated rings. The van der Waals surface area contributed by atoms with Crippen molar-refractivity contribution in [3.63, 3.8) is 0 Å². The second kappa shape index (κ2) is 11.3. The highest BCUT2D eigenvalue weighted by atomic mass is 79.9. The minimum atomic E-state index is -0.203. The molecule has 0 aliphatic carbocycles. The van der Waals surface area contributed by atoms with Crippen LogP contribution in [0.15, 0.2) is 81.8 Å². The fraction of sp³-hybridized carbons (Fsp3) is 0.179. The number of carbonyl (C=O) groups is 2. The maximum absolute atomic E-state index is 13.6. The Balaban J connectivity index is 1.54. The fourth-order valence-corrected chi connectivity index (χ4v) is 4.44. The van der Waals surface area contributed by atoms with Gasteiger partial charge in [-0.15, -0.1) is 0 Å². The molecule has 36 heavy (non-hydrogen) atoms. The Morgan fingerprint density at radius 1 is 0.944 bits per heavy atom. The molecule has 4 rings (SSSR count). The average Bonchev–Trinajstić information content (AvgIpc) is 3.22. The van der Waals surface area contributed by atoms with Crippen LogP contribution in [0, 0.1) is 13.8 Å². The lowest BCUT2D eigenvalue weighted by molar-refractivity contribution is 0.0727. The Bertz CT molecular complexity index is 1360. The fourth-order valence-electron chi connectivity index (χ4n) is 3.98. The van der Waals surface area contributed by atoms with Crippen LogP contribution in [0.2, 0.25) is 0 Å². The standard InChI is InChI=1S/C28H27BrN4O3/c1-18-26(19(2)36-32-18)28(35)33(17-22-7-5-6-21(14-22)15-30)16-20-10-12-23(13-11-20)31-27(34)24-8-3-4-9-25(24)29/h3-14H,15-17,30H2,1-2H3,(H,31,34). The number of nitrogens with two attached hydrogens (primary N) is 1. The van der Waals surface area contributed by atoms with Crippen LogP contribution >= 0.6 is 15.9 Å². The van der Waals surface area contributed by atoms with Crippen LogP contribution in [-0.4, -0.2) is 21.9 Å². The number of hydrogen-bond acceptors (Lipinski definition) is 5. The minimum absolute atomic E-state index is 0.157. The first-order valence-corrected chi connectivity index (χ1v) is 12.3. The molecule has 0 radical (unpaired) electrons. The van der Waals surface area contributed by atoms with Crippen molar-refractivity contribution in [3.05, 3.63) is 117 Å². The number of benzene rings is 3. The molecule has 0 atom stereocenters. The van der Waals surface area contributed by atoms with Gasteiger partial charge in [0.05, 0.1) is 11.3 Å². The molecule has 1 heterocycles. The first-order chi connectivity index (χ1) is 17.4. The molecule has 184 valence electrons. The number of halogens is 1. The van der Waals surface area contributed by atoms with Crippen molar-refractivity contribution in [2.24, 2.45) is 5.73 Å². The van der Waals surface area contributed by atoms with Crippen LogP contribution in [0.5, 0.6) is 0 Å². The van der Waals surface area contributed by atoms with Crippen molar-refractivity contribution < 1.29 is 14.1 Å². The van der Waals surface area contributed by atoms with Crippen LogP contribution in [0.1, 0.15) is 48.9 Å². The van der Waals surface area contributed by atoms with Gasteiger partial charge in [-0.2, -0.15) is 0 Å². The normalized spacial score (nSPS) is 10.8. The summed E-state index contributed by atoms with van der Waals surface area (Å²) in [6.45, 7) is 4.70. The topological polar surface area (TPSA) is 101 Å². The predicted octanol–water partition coefficient (Wildman–Crippen LogP) is 5.61. The van der Waals surface area contributed by atoms with Crippen LogP contribution in [-0.2, 0) is 19.6 Å². The molecular formula is C28H27BrN4O3. The van der Waals surface area contributed by atoms with Gasteiger partial charge in [-0.05, 0) is 70.7 Å². The summed E-state index contributed by atoms with van der Waals surface area (Å²) < 4.78 is 5.97. The zero-order valence-electron chi connectivity index (χ0n) is 20.1. The van der Waals surface area contributed by atoms with Crippen molar-refractivity contribution in [2.45, 2.75) is 33.5 Å². The summed E-state index contributed by atoms with van der Waals surface area (Å²) in [6, 6.07) is 22.6. The molecule has 2 amide bonds. The van der Waals surface area contributed by atoms with Crippen molar-refractivity contribution in [1.82, 2.24) is 10.1 Å². The van der Waals surface area contributed by atoms with Crippen LogP contribution in [0.25, 0.3) is 0 Å². The van der Waals surface area contributed by atoms with Crippen LogP contribution < -0.4 is 11.1 Å². The van der Waals surface area contributed by atoms with Gasteiger partial charge in [0.1, 0.15) is 11.3 Å². The lowest BCUT2D eigenvalue weighted by atomic mass is 10.1. The van der Waals surface area contributed by atoms with E-state index in [2.05, 4.69) is 26.4 Å². The van der Waals surface area contributed by atoms with Gasteiger partial charge >= 0.3 is 0 Å². The summed E-state index contributed by atoms with van der Waals surface area (Å²) in [5, 5.41) is 6.86. The van der Waals surface area contributed by atoms with E-state index in [1.165, 1.54) is 0 Å². The van der Waals surface area contributed by atoms with Gasteiger partial charge in [0.25, 0.3) is 11.8 Å². The Hall–Kier alpha value is -3.75. The summed E-state index contributed by atoms with van der Waals surface area (Å²) in [6.07, 6.45) is 0. The number of rotatable bonds is 8. The third-order valence-electron chi connectivity index (χ3n) is 5.84. The highest BCUT2D eigenvalue weighted by Gasteiger charge is 2.24. The van der Waals surface area contributed by atoms with Crippen molar-refractivity contribution in [3.8, 4) is 0 Å². The first kappa shape index (κ1) is 25.3. The predicted molar refractivity (Wildman–Crippen MR) is 142 cm³/mol. The molecule has 8 heteroatoms. The quantitative estimate of drug-likeness (QED) is 0.299. The third-order valence-corrected chi connectivity index (χ3v) is 6.53. The smallest absolute Gasteiger partial charge is 0.259 e. The van der Waals surface area contributed by atoms with E-state index >= 15 is 0 Å². The van der Waals surface area contributed by atoms with E-state index < -0.39 is 0 Å². The average molecular weight is 547 g/mol. The number of nitrogens with zero attached hydrogens (tertiary/aromatic N) is 2. The van der Waals surface area contributed by atoms with Gasteiger partial charge in [-0.1, -0.05) is 53.7 Å². The minimum Gasteiger partial charge on any atom is -0.361 e. The summed E-state index contributed by atoms with van der Waals surface area (Å²) in [4.78, 5) is 27.9. The molecule has 3 N–H and O–H groups in total. The number of aromatic nitrogens is 1. The van der Waals surface area contributed by atoms with Crippen LogP contribution in [0.3, 0.4) is 0 Å². The molecule has 0 saturated carbocycles. The maximum atomic E-state index is 13.6. The maximum Gasteiger partial charge on any atom is 0.259 e. The highest BCUT2D eigenvalue weighted by molar-refractivity contribution is 9.10. The summed E-state index contributed by atoms with van der Waals surface area (Å²) in [7, 11) is 0. The molecular weight excluding hydrogens is 520 g/mol. The van der Waals surface area contributed by atoms with E-state index in [1.807, 2.05) is 66.7 Å². The third kappa shape index (κ3) is 5.90. The van der Waals surface area contributed by atoms with E-state index in [0.29, 0.717) is 47.9 Å². The highest BCUT2D eigenvalue weighted by Crippen LogP contribution is 2.22. The zero-order chi connectivity index (χ0) is 25.7. The van der Waals surface area contributed by atoms with Crippen molar-refractivity contribution in [1.29, 1.82) is 0 Å². The summed E-state index contributed by atoms with van der Waals surface area (Å²) >= 11 is 3.41. The number of aryl methyl sites for hydroxylation is 2. The molecule has 0 bridgehead atoms. The Morgan fingerprint density at radius 3 is 2.31 bits per heavy atom. The second-order valence-corrected chi connectivity index (χ2v) is 9.37. The molecule has 0 aliphatic heterocycles. The van der Waals surface area contributed by atoms with E-state index in [1.54, 1.807) is 24.8 Å². The second-order valence-electron chi connectivity index (χ2n) is 8.52.